The molecule has 7 nitrogen and oxygen atoms in total. The number of ether oxygens (including phenoxy) is 1. The summed E-state index contributed by atoms with van der Waals surface area (Å²) in [5.41, 5.74) is -0.964. The molecular formula is C15H14F3N3O4. The third-order valence-corrected chi connectivity index (χ3v) is 3.29. The molecule has 0 unspecified atom stereocenters. The monoisotopic (exact) mass is 357 g/mol. The number of hydrogen-bond acceptors (Lipinski definition) is 4. The van der Waals surface area contributed by atoms with E-state index >= 15 is 0 Å². The summed E-state index contributed by atoms with van der Waals surface area (Å²) in [7, 11) is 0. The van der Waals surface area contributed by atoms with Crippen LogP contribution in [0.15, 0.2) is 36.7 Å². The van der Waals surface area contributed by atoms with Gasteiger partial charge in [0.1, 0.15) is 5.75 Å². The molecule has 1 heterocycles. The van der Waals surface area contributed by atoms with Crippen LogP contribution in [0.1, 0.15) is 24.2 Å². The molecule has 0 aliphatic rings. The number of carboxylic acids is 1. The Labute approximate surface area is 140 Å². The molecule has 0 bridgehead atoms. The summed E-state index contributed by atoms with van der Waals surface area (Å²) < 4.78 is 41.2. The number of halogens is 3. The Morgan fingerprint density at radius 3 is 2.32 bits per heavy atom. The van der Waals surface area contributed by atoms with Gasteiger partial charge < -0.3 is 15.2 Å². The lowest BCUT2D eigenvalue weighted by molar-refractivity contribution is -0.274. The van der Waals surface area contributed by atoms with E-state index in [-0.39, 0.29) is 11.3 Å². The van der Waals surface area contributed by atoms with Crippen LogP contribution in [0.25, 0.3) is 0 Å². The van der Waals surface area contributed by atoms with E-state index in [9.17, 15) is 22.8 Å². The molecule has 1 aromatic carbocycles. The first-order valence-electron chi connectivity index (χ1n) is 6.95. The van der Waals surface area contributed by atoms with Crippen molar-refractivity contribution >= 4 is 17.6 Å². The highest BCUT2D eigenvalue weighted by Crippen LogP contribution is 2.23. The van der Waals surface area contributed by atoms with Crippen LogP contribution in [0.3, 0.4) is 0 Å². The van der Waals surface area contributed by atoms with Gasteiger partial charge in [0, 0.05) is 11.8 Å². The SMILES string of the molecule is CC(C)(C(=O)O)n1cc(NC(=O)c2ccc(OC(F)(F)F)cc2)cn1. The number of aromatic nitrogens is 2. The lowest BCUT2D eigenvalue weighted by Crippen LogP contribution is -2.35. The average molecular weight is 357 g/mol. The molecule has 1 amide bonds. The number of alkyl halides is 3. The van der Waals surface area contributed by atoms with E-state index in [0.29, 0.717) is 0 Å². The number of amides is 1. The van der Waals surface area contributed by atoms with E-state index in [4.69, 9.17) is 5.11 Å². The smallest absolute Gasteiger partial charge is 0.479 e. The number of anilines is 1. The van der Waals surface area contributed by atoms with Gasteiger partial charge in [-0.1, -0.05) is 0 Å². The summed E-state index contributed by atoms with van der Waals surface area (Å²) in [5.74, 6) is -2.14. The van der Waals surface area contributed by atoms with Crippen molar-refractivity contribution in [3.05, 3.63) is 42.2 Å². The number of benzene rings is 1. The summed E-state index contributed by atoms with van der Waals surface area (Å²) in [6.45, 7) is 2.88. The second kappa shape index (κ2) is 6.46. The molecule has 1 aromatic heterocycles. The van der Waals surface area contributed by atoms with E-state index in [1.807, 2.05) is 0 Å². The molecule has 0 atom stereocenters. The zero-order valence-corrected chi connectivity index (χ0v) is 13.2. The maximum atomic E-state index is 12.1. The molecule has 0 spiro atoms. The van der Waals surface area contributed by atoms with Crippen molar-refractivity contribution in [3.63, 3.8) is 0 Å². The predicted octanol–water partition coefficient (Wildman–Crippen LogP) is 2.85. The number of carbonyl (C=O) groups is 2. The van der Waals surface area contributed by atoms with Crippen LogP contribution in [-0.4, -0.2) is 33.1 Å². The summed E-state index contributed by atoms with van der Waals surface area (Å²) in [5, 5.41) is 15.5. The highest BCUT2D eigenvalue weighted by molar-refractivity contribution is 6.04. The van der Waals surface area contributed by atoms with Crippen LogP contribution in [0, 0.1) is 0 Å². The Morgan fingerprint density at radius 1 is 1.20 bits per heavy atom. The van der Waals surface area contributed by atoms with Gasteiger partial charge in [-0.25, -0.2) is 4.79 Å². The van der Waals surface area contributed by atoms with Gasteiger partial charge in [0.05, 0.1) is 11.9 Å². The van der Waals surface area contributed by atoms with E-state index in [1.165, 1.54) is 43.1 Å². The second-order valence-electron chi connectivity index (χ2n) is 5.56. The fourth-order valence-electron chi connectivity index (χ4n) is 1.80. The van der Waals surface area contributed by atoms with E-state index < -0.39 is 29.5 Å². The predicted molar refractivity (Wildman–Crippen MR) is 80.3 cm³/mol. The first-order chi connectivity index (χ1) is 11.5. The minimum atomic E-state index is -4.81. The first-order valence-corrected chi connectivity index (χ1v) is 6.95. The van der Waals surface area contributed by atoms with Crippen LogP contribution >= 0.6 is 0 Å². The summed E-state index contributed by atoms with van der Waals surface area (Å²) in [4.78, 5) is 23.2. The van der Waals surface area contributed by atoms with Crippen molar-refractivity contribution in [2.45, 2.75) is 25.7 Å². The minimum absolute atomic E-state index is 0.0970. The van der Waals surface area contributed by atoms with Gasteiger partial charge in [-0.05, 0) is 38.1 Å². The van der Waals surface area contributed by atoms with Gasteiger partial charge in [-0.3, -0.25) is 9.48 Å². The Hall–Kier alpha value is -3.04. The molecule has 25 heavy (non-hydrogen) atoms. The van der Waals surface area contributed by atoms with E-state index in [1.54, 1.807) is 0 Å². The third-order valence-electron chi connectivity index (χ3n) is 3.29. The van der Waals surface area contributed by atoms with Gasteiger partial charge >= 0.3 is 12.3 Å². The molecule has 2 rings (SSSR count). The molecule has 2 N–H and O–H groups in total. The fraction of sp³-hybridized carbons (Fsp3) is 0.267. The molecule has 0 saturated heterocycles. The molecule has 10 heteroatoms. The maximum Gasteiger partial charge on any atom is 0.573 e. The zero-order valence-electron chi connectivity index (χ0n) is 13.2. The molecular weight excluding hydrogens is 343 g/mol. The molecule has 0 aliphatic carbocycles. The van der Waals surface area contributed by atoms with Gasteiger partial charge in [-0.2, -0.15) is 5.10 Å². The number of nitrogens with one attached hydrogen (secondary N) is 1. The summed E-state index contributed by atoms with van der Waals surface area (Å²) in [6.07, 6.45) is -2.20. The summed E-state index contributed by atoms with van der Waals surface area (Å²) >= 11 is 0. The molecule has 2 aromatic rings. The quantitative estimate of drug-likeness (QED) is 0.858. The number of rotatable bonds is 5. The van der Waals surface area contributed by atoms with Crippen LogP contribution in [0.2, 0.25) is 0 Å². The van der Waals surface area contributed by atoms with Gasteiger partial charge in [0.2, 0.25) is 0 Å². The Kier molecular flexibility index (Phi) is 4.73. The number of aliphatic carboxylic acids is 1. The van der Waals surface area contributed by atoms with Crippen LogP contribution in [0.5, 0.6) is 5.75 Å². The second-order valence-corrected chi connectivity index (χ2v) is 5.56. The van der Waals surface area contributed by atoms with Gasteiger partial charge in [-0.15, -0.1) is 13.2 Å². The van der Waals surface area contributed by atoms with Crippen molar-refractivity contribution < 1.29 is 32.6 Å². The number of hydrogen-bond donors (Lipinski definition) is 2. The first kappa shape index (κ1) is 18.3. The maximum absolute atomic E-state index is 12.1. The van der Waals surface area contributed by atoms with Crippen LogP contribution < -0.4 is 10.1 Å². The Bertz CT molecular complexity index is 782. The van der Waals surface area contributed by atoms with Crippen LogP contribution in [0.4, 0.5) is 18.9 Å². The number of nitrogens with zero attached hydrogens (tertiary/aromatic N) is 2. The molecule has 0 radical (unpaired) electrons. The van der Waals surface area contributed by atoms with Crippen LogP contribution in [-0.2, 0) is 10.3 Å². The zero-order chi connectivity index (χ0) is 18.8. The minimum Gasteiger partial charge on any atom is -0.479 e. The fourth-order valence-corrected chi connectivity index (χ4v) is 1.80. The highest BCUT2D eigenvalue weighted by atomic mass is 19.4. The number of carboxylic acid groups (broad SMARTS) is 1. The normalized spacial score (nSPS) is 11.9. The number of carbonyl (C=O) groups excluding carboxylic acids is 1. The third kappa shape index (κ3) is 4.49. The van der Waals surface area contributed by atoms with E-state index in [0.717, 1.165) is 12.1 Å². The highest BCUT2D eigenvalue weighted by Gasteiger charge is 2.31. The lowest BCUT2D eigenvalue weighted by Gasteiger charge is -2.19. The molecule has 0 fully saturated rings. The van der Waals surface area contributed by atoms with Gasteiger partial charge in [0.25, 0.3) is 5.91 Å². The van der Waals surface area contributed by atoms with Crippen molar-refractivity contribution in [3.8, 4) is 5.75 Å². The Morgan fingerprint density at radius 2 is 1.80 bits per heavy atom. The summed E-state index contributed by atoms with van der Waals surface area (Å²) in [6, 6.07) is 4.36. The topological polar surface area (TPSA) is 93.5 Å². The molecule has 134 valence electrons. The average Bonchev–Trinajstić information content (AvgIpc) is 2.95. The van der Waals surface area contributed by atoms with Crippen molar-refractivity contribution in [2.24, 2.45) is 0 Å². The van der Waals surface area contributed by atoms with Crippen molar-refractivity contribution in [1.29, 1.82) is 0 Å². The lowest BCUT2D eigenvalue weighted by atomic mass is 10.1. The standard InChI is InChI=1S/C15H14F3N3O4/c1-14(2,13(23)24)21-8-10(7-19-21)20-12(22)9-3-5-11(6-4-9)25-15(16,17)18/h3-8H,1-2H3,(H,20,22)(H,23,24). The molecule has 0 aliphatic heterocycles. The van der Waals surface area contributed by atoms with E-state index in [2.05, 4.69) is 15.2 Å². The van der Waals surface area contributed by atoms with Crippen molar-refractivity contribution in [2.75, 3.05) is 5.32 Å². The largest absolute Gasteiger partial charge is 0.573 e. The van der Waals surface area contributed by atoms with Crippen molar-refractivity contribution in [1.82, 2.24) is 9.78 Å². The molecule has 0 saturated carbocycles. The van der Waals surface area contributed by atoms with Gasteiger partial charge in [0.15, 0.2) is 5.54 Å². The Balaban J connectivity index is 2.08.